The molecule has 114 valence electrons. The van der Waals surface area contributed by atoms with Gasteiger partial charge in [-0.15, -0.1) is 0 Å². The average Bonchev–Trinajstić information content (AvgIpc) is 3.07. The van der Waals surface area contributed by atoms with E-state index in [0.717, 1.165) is 4.57 Å². The summed E-state index contributed by atoms with van der Waals surface area (Å²) in [6.45, 7) is -2.04. The van der Waals surface area contributed by atoms with Crippen LogP contribution in [-0.4, -0.2) is 34.6 Å². The molecule has 0 spiro atoms. The van der Waals surface area contributed by atoms with Crippen LogP contribution in [0.5, 0.6) is 0 Å². The van der Waals surface area contributed by atoms with E-state index in [9.17, 15) is 13.6 Å². The molecular weight excluding hydrogens is 284 g/mol. The van der Waals surface area contributed by atoms with Gasteiger partial charge in [0.1, 0.15) is 11.6 Å². The molecule has 0 atom stereocenters. The smallest absolute Gasteiger partial charge is 0.373 e. The summed E-state index contributed by atoms with van der Waals surface area (Å²) in [6, 6.07) is 3.15. The zero-order valence-electron chi connectivity index (χ0n) is 11.6. The predicted molar refractivity (Wildman–Crippen MR) is 68.7 cm³/mol. The third-order valence-electron chi connectivity index (χ3n) is 2.84. The number of nitrogens with zero attached hydrogens (tertiary/aromatic N) is 3. The van der Waals surface area contributed by atoms with Crippen molar-refractivity contribution in [2.24, 2.45) is 0 Å². The number of methoxy groups -OCH3 is 1. The Balaban J connectivity index is 1.98. The second-order valence-corrected chi connectivity index (χ2v) is 4.46. The Morgan fingerprint density at radius 3 is 2.90 bits per heavy atom. The molecule has 0 aromatic carbocycles. The maximum absolute atomic E-state index is 12.7. The van der Waals surface area contributed by atoms with Crippen LogP contribution in [0.4, 0.5) is 8.78 Å². The van der Waals surface area contributed by atoms with E-state index >= 15 is 0 Å². The van der Waals surface area contributed by atoms with Crippen molar-refractivity contribution in [3.05, 3.63) is 41.9 Å². The van der Waals surface area contributed by atoms with Gasteiger partial charge >= 0.3 is 12.5 Å². The first-order valence-electron chi connectivity index (χ1n) is 6.16. The SMILES string of the molecule is COC(=O)c1ccc(CN(C)Cc2nccn2C(F)F)o1. The third kappa shape index (κ3) is 3.66. The van der Waals surface area contributed by atoms with Crippen molar-refractivity contribution in [3.63, 3.8) is 0 Å². The van der Waals surface area contributed by atoms with Crippen LogP contribution in [0, 0.1) is 0 Å². The predicted octanol–water partition coefficient (Wildman–Crippen LogP) is 2.29. The fraction of sp³-hybridized carbons (Fsp3) is 0.385. The van der Waals surface area contributed by atoms with E-state index in [4.69, 9.17) is 4.42 Å². The number of hydrogen-bond acceptors (Lipinski definition) is 5. The molecule has 0 aliphatic rings. The van der Waals surface area contributed by atoms with Crippen molar-refractivity contribution < 1.29 is 22.7 Å². The largest absolute Gasteiger partial charge is 0.463 e. The van der Waals surface area contributed by atoms with Crippen molar-refractivity contribution in [1.82, 2.24) is 14.5 Å². The van der Waals surface area contributed by atoms with Crippen molar-refractivity contribution in [1.29, 1.82) is 0 Å². The fourth-order valence-electron chi connectivity index (χ4n) is 1.88. The molecule has 0 aliphatic heterocycles. The second kappa shape index (κ2) is 6.49. The summed E-state index contributed by atoms with van der Waals surface area (Å²) in [4.78, 5) is 16.9. The molecule has 0 radical (unpaired) electrons. The number of ether oxygens (including phenoxy) is 1. The molecular formula is C13H15F2N3O3. The maximum Gasteiger partial charge on any atom is 0.373 e. The first kappa shape index (κ1) is 15.2. The highest BCUT2D eigenvalue weighted by molar-refractivity contribution is 5.86. The summed E-state index contributed by atoms with van der Waals surface area (Å²) in [6.07, 6.45) is 2.56. The Labute approximate surface area is 119 Å². The van der Waals surface area contributed by atoms with Crippen LogP contribution >= 0.6 is 0 Å². The van der Waals surface area contributed by atoms with E-state index in [1.54, 1.807) is 18.0 Å². The third-order valence-corrected chi connectivity index (χ3v) is 2.84. The number of hydrogen-bond donors (Lipinski definition) is 0. The molecule has 0 fully saturated rings. The number of imidazole rings is 1. The van der Waals surface area contributed by atoms with Gasteiger partial charge in [0.2, 0.25) is 5.76 Å². The number of alkyl halides is 2. The van der Waals surface area contributed by atoms with Crippen LogP contribution in [0.15, 0.2) is 28.9 Å². The zero-order chi connectivity index (χ0) is 15.4. The van der Waals surface area contributed by atoms with E-state index < -0.39 is 12.5 Å². The number of rotatable bonds is 6. The number of carbonyl (C=O) groups excluding carboxylic acids is 1. The van der Waals surface area contributed by atoms with E-state index in [1.165, 1.54) is 25.6 Å². The highest BCUT2D eigenvalue weighted by Gasteiger charge is 2.15. The van der Waals surface area contributed by atoms with Gasteiger partial charge in [0.05, 0.1) is 20.2 Å². The van der Waals surface area contributed by atoms with Crippen LogP contribution in [0.1, 0.15) is 28.7 Å². The Hall–Kier alpha value is -2.22. The van der Waals surface area contributed by atoms with Gasteiger partial charge in [0.15, 0.2) is 0 Å². The summed E-state index contributed by atoms with van der Waals surface area (Å²) in [5.74, 6) is 0.340. The first-order valence-corrected chi connectivity index (χ1v) is 6.16. The number of halogens is 2. The molecule has 21 heavy (non-hydrogen) atoms. The second-order valence-electron chi connectivity index (χ2n) is 4.46. The summed E-state index contributed by atoms with van der Waals surface area (Å²) in [5.41, 5.74) is 0. The van der Waals surface area contributed by atoms with Crippen LogP contribution in [0.2, 0.25) is 0 Å². The molecule has 0 unspecified atom stereocenters. The van der Waals surface area contributed by atoms with E-state index in [2.05, 4.69) is 9.72 Å². The molecule has 0 amide bonds. The summed E-state index contributed by atoms with van der Waals surface area (Å²) in [5, 5.41) is 0. The van der Waals surface area contributed by atoms with Gasteiger partial charge in [-0.25, -0.2) is 9.78 Å². The van der Waals surface area contributed by atoms with Crippen LogP contribution in [0.3, 0.4) is 0 Å². The fourth-order valence-corrected chi connectivity index (χ4v) is 1.88. The van der Waals surface area contributed by atoms with E-state index in [0.29, 0.717) is 12.3 Å². The molecule has 0 bridgehead atoms. The monoisotopic (exact) mass is 299 g/mol. The minimum atomic E-state index is -2.62. The van der Waals surface area contributed by atoms with E-state index in [1.807, 2.05) is 0 Å². The Kier molecular flexibility index (Phi) is 4.69. The van der Waals surface area contributed by atoms with Gasteiger partial charge in [-0.2, -0.15) is 8.78 Å². The molecule has 2 rings (SSSR count). The standard InChI is InChI=1S/C13H15F2N3O3/c1-17(8-11-16-5-6-18(11)13(14)15)7-9-3-4-10(21-9)12(19)20-2/h3-6,13H,7-8H2,1-2H3. The topological polar surface area (TPSA) is 60.5 Å². The maximum atomic E-state index is 12.7. The van der Waals surface area contributed by atoms with Crippen LogP contribution < -0.4 is 0 Å². The van der Waals surface area contributed by atoms with Crippen LogP contribution in [-0.2, 0) is 17.8 Å². The lowest BCUT2D eigenvalue weighted by molar-refractivity contribution is 0.0558. The molecule has 2 heterocycles. The molecule has 2 aromatic rings. The molecule has 6 nitrogen and oxygen atoms in total. The van der Waals surface area contributed by atoms with Crippen molar-refractivity contribution in [3.8, 4) is 0 Å². The van der Waals surface area contributed by atoms with Gasteiger partial charge in [0.25, 0.3) is 0 Å². The highest BCUT2D eigenvalue weighted by Crippen LogP contribution is 2.15. The van der Waals surface area contributed by atoms with Crippen molar-refractivity contribution in [2.45, 2.75) is 19.6 Å². The average molecular weight is 299 g/mol. The number of aromatic nitrogens is 2. The number of esters is 1. The first-order chi connectivity index (χ1) is 10.0. The summed E-state index contributed by atoms with van der Waals surface area (Å²) >= 11 is 0. The van der Waals surface area contributed by atoms with Gasteiger partial charge in [-0.1, -0.05) is 0 Å². The quantitative estimate of drug-likeness (QED) is 0.766. The zero-order valence-corrected chi connectivity index (χ0v) is 11.6. The van der Waals surface area contributed by atoms with Crippen molar-refractivity contribution in [2.75, 3.05) is 14.2 Å². The lowest BCUT2D eigenvalue weighted by atomic mass is 10.4. The molecule has 0 saturated heterocycles. The Morgan fingerprint density at radius 1 is 1.48 bits per heavy atom. The van der Waals surface area contributed by atoms with Gasteiger partial charge in [-0.05, 0) is 19.2 Å². The molecule has 2 aromatic heterocycles. The minimum Gasteiger partial charge on any atom is -0.463 e. The lowest BCUT2D eigenvalue weighted by Gasteiger charge is -2.15. The molecule has 0 saturated carbocycles. The van der Waals surface area contributed by atoms with Gasteiger partial charge in [-0.3, -0.25) is 9.47 Å². The Morgan fingerprint density at radius 2 is 2.24 bits per heavy atom. The van der Waals surface area contributed by atoms with Crippen LogP contribution in [0.25, 0.3) is 0 Å². The van der Waals surface area contributed by atoms with E-state index in [-0.39, 0.29) is 18.1 Å². The van der Waals surface area contributed by atoms with Gasteiger partial charge in [0, 0.05) is 12.4 Å². The van der Waals surface area contributed by atoms with Crippen molar-refractivity contribution >= 4 is 5.97 Å². The lowest BCUT2D eigenvalue weighted by Crippen LogP contribution is -2.20. The summed E-state index contributed by atoms with van der Waals surface area (Å²) < 4.78 is 36.1. The summed E-state index contributed by atoms with van der Waals surface area (Å²) in [7, 11) is 3.01. The Bertz CT molecular complexity index is 609. The molecule has 8 heteroatoms. The minimum absolute atomic E-state index is 0.106. The highest BCUT2D eigenvalue weighted by atomic mass is 19.3. The normalized spacial score (nSPS) is 11.3. The number of furan rings is 1. The number of carbonyl (C=O) groups is 1. The van der Waals surface area contributed by atoms with Gasteiger partial charge < -0.3 is 9.15 Å². The molecule has 0 N–H and O–H groups in total. The molecule has 0 aliphatic carbocycles.